The molecule has 3 aromatic rings. The van der Waals surface area contributed by atoms with Crippen molar-refractivity contribution in [2.45, 2.75) is 33.2 Å². The topological polar surface area (TPSA) is 90.5 Å². The number of hydrogen-bond donors (Lipinski definition) is 1. The summed E-state index contributed by atoms with van der Waals surface area (Å²) in [6.07, 6.45) is 0.782. The van der Waals surface area contributed by atoms with E-state index in [2.05, 4.69) is 5.32 Å². The average Bonchev–Trinajstić information content (AvgIpc) is 3.19. The highest BCUT2D eigenvalue weighted by Crippen LogP contribution is 2.29. The fourth-order valence-electron chi connectivity index (χ4n) is 2.72. The second-order valence-corrected chi connectivity index (χ2v) is 7.53. The summed E-state index contributed by atoms with van der Waals surface area (Å²) in [6.45, 7) is 4.09. The number of amides is 1. The van der Waals surface area contributed by atoms with Gasteiger partial charge in [0.1, 0.15) is 5.00 Å². The number of anilines is 1. The number of hydrogen-bond acceptors (Lipinski definition) is 6. The van der Waals surface area contributed by atoms with E-state index >= 15 is 0 Å². The fourth-order valence-corrected chi connectivity index (χ4v) is 3.89. The van der Waals surface area contributed by atoms with E-state index in [9.17, 15) is 14.4 Å². The molecule has 7 nitrogen and oxygen atoms in total. The third-order valence-corrected chi connectivity index (χ3v) is 5.50. The van der Waals surface area contributed by atoms with Crippen molar-refractivity contribution in [3.63, 3.8) is 0 Å². The highest BCUT2D eigenvalue weighted by molar-refractivity contribution is 7.16. The molecular weight excluding hydrogens is 404 g/mol. The molecule has 28 heavy (non-hydrogen) atoms. The van der Waals surface area contributed by atoms with Gasteiger partial charge in [0.15, 0.2) is 5.58 Å². The van der Waals surface area contributed by atoms with E-state index in [-0.39, 0.29) is 25.5 Å². The number of aryl methyl sites for hydroxylation is 2. The molecule has 0 radical (unpaired) electrons. The second-order valence-electron chi connectivity index (χ2n) is 5.96. The van der Waals surface area contributed by atoms with Gasteiger partial charge in [-0.25, -0.2) is 9.59 Å². The van der Waals surface area contributed by atoms with E-state index in [0.29, 0.717) is 26.7 Å². The van der Waals surface area contributed by atoms with Gasteiger partial charge in [0, 0.05) is 28.9 Å². The van der Waals surface area contributed by atoms with Gasteiger partial charge in [-0.2, -0.15) is 0 Å². The van der Waals surface area contributed by atoms with Gasteiger partial charge in [-0.1, -0.05) is 18.5 Å². The van der Waals surface area contributed by atoms with E-state index in [4.69, 9.17) is 20.8 Å². The summed E-state index contributed by atoms with van der Waals surface area (Å²) in [4.78, 5) is 37.5. The molecule has 0 saturated carbocycles. The van der Waals surface area contributed by atoms with Crippen LogP contribution in [0.4, 0.5) is 5.00 Å². The highest BCUT2D eigenvalue weighted by atomic mass is 35.5. The molecular formula is C19H19ClN2O5S. The minimum atomic E-state index is -0.554. The van der Waals surface area contributed by atoms with Crippen LogP contribution in [0.25, 0.3) is 11.1 Å². The lowest BCUT2D eigenvalue weighted by Crippen LogP contribution is -2.20. The van der Waals surface area contributed by atoms with Crippen LogP contribution < -0.4 is 11.1 Å². The van der Waals surface area contributed by atoms with E-state index < -0.39 is 11.7 Å². The van der Waals surface area contributed by atoms with Crippen molar-refractivity contribution < 1.29 is 18.7 Å². The number of benzene rings is 1. The second kappa shape index (κ2) is 8.62. The summed E-state index contributed by atoms with van der Waals surface area (Å²) < 4.78 is 11.6. The van der Waals surface area contributed by atoms with Crippen molar-refractivity contribution in [2.75, 3.05) is 11.9 Å². The van der Waals surface area contributed by atoms with Crippen LogP contribution in [0, 0.1) is 0 Å². The van der Waals surface area contributed by atoms with Gasteiger partial charge in [-0.05, 0) is 31.5 Å². The molecule has 3 rings (SSSR count). The maximum Gasteiger partial charge on any atom is 0.419 e. The first-order valence-corrected chi connectivity index (χ1v) is 10.0. The van der Waals surface area contributed by atoms with E-state index in [1.54, 1.807) is 31.2 Å². The number of esters is 1. The molecule has 1 N–H and O–H groups in total. The molecule has 0 unspecified atom stereocenters. The van der Waals surface area contributed by atoms with E-state index in [0.717, 1.165) is 11.3 Å². The highest BCUT2D eigenvalue weighted by Gasteiger charge is 2.19. The number of fused-ring (bicyclic) bond motifs is 1. The van der Waals surface area contributed by atoms with Gasteiger partial charge in [-0.3, -0.25) is 9.36 Å². The Balaban J connectivity index is 1.73. The molecule has 9 heteroatoms. The van der Waals surface area contributed by atoms with Crippen molar-refractivity contribution in [2.24, 2.45) is 0 Å². The monoisotopic (exact) mass is 422 g/mol. The largest absolute Gasteiger partial charge is 0.462 e. The predicted molar refractivity (Wildman–Crippen MR) is 108 cm³/mol. The minimum Gasteiger partial charge on any atom is -0.462 e. The van der Waals surface area contributed by atoms with Gasteiger partial charge in [0.05, 0.1) is 17.7 Å². The summed E-state index contributed by atoms with van der Waals surface area (Å²) in [5.74, 6) is -1.34. The van der Waals surface area contributed by atoms with Crippen molar-refractivity contribution in [1.82, 2.24) is 4.57 Å². The van der Waals surface area contributed by atoms with Crippen LogP contribution in [0.15, 0.2) is 33.5 Å². The molecule has 0 atom stereocenters. The molecule has 0 aliphatic rings. The number of carbonyl (C=O) groups is 2. The molecule has 2 heterocycles. The van der Waals surface area contributed by atoms with E-state index in [1.807, 2.05) is 6.92 Å². The Morgan fingerprint density at radius 2 is 2.07 bits per heavy atom. The Morgan fingerprint density at radius 1 is 1.29 bits per heavy atom. The first-order chi connectivity index (χ1) is 13.4. The Labute approximate surface area is 169 Å². The molecule has 1 amide bonds. The quantitative estimate of drug-likeness (QED) is 0.579. The number of ether oxygens (including phenoxy) is 1. The summed E-state index contributed by atoms with van der Waals surface area (Å²) in [7, 11) is 0. The van der Waals surface area contributed by atoms with Crippen LogP contribution in [0.3, 0.4) is 0 Å². The zero-order valence-electron chi connectivity index (χ0n) is 15.4. The van der Waals surface area contributed by atoms with Gasteiger partial charge in [0.25, 0.3) is 0 Å². The number of nitrogens with zero attached hydrogens (tertiary/aromatic N) is 1. The minimum absolute atomic E-state index is 0.0405. The van der Waals surface area contributed by atoms with Crippen LogP contribution in [0.5, 0.6) is 0 Å². The van der Waals surface area contributed by atoms with Crippen molar-refractivity contribution in [1.29, 1.82) is 0 Å². The zero-order valence-corrected chi connectivity index (χ0v) is 17.0. The fraction of sp³-hybridized carbons (Fsp3) is 0.316. The van der Waals surface area contributed by atoms with Crippen LogP contribution >= 0.6 is 22.9 Å². The lowest BCUT2D eigenvalue weighted by atomic mass is 10.2. The van der Waals surface area contributed by atoms with Crippen molar-refractivity contribution in [3.05, 3.63) is 50.3 Å². The molecule has 0 fully saturated rings. The summed E-state index contributed by atoms with van der Waals surface area (Å²) in [6, 6.07) is 6.61. The lowest BCUT2D eigenvalue weighted by molar-refractivity contribution is -0.116. The molecule has 0 spiro atoms. The maximum atomic E-state index is 12.4. The molecule has 1 aromatic carbocycles. The molecule has 2 aromatic heterocycles. The first kappa shape index (κ1) is 20.2. The van der Waals surface area contributed by atoms with Crippen LogP contribution in [0.2, 0.25) is 5.02 Å². The van der Waals surface area contributed by atoms with Crippen LogP contribution in [-0.2, 0) is 22.5 Å². The van der Waals surface area contributed by atoms with Crippen LogP contribution in [-0.4, -0.2) is 23.1 Å². The summed E-state index contributed by atoms with van der Waals surface area (Å²) in [5, 5.41) is 3.67. The molecule has 0 aliphatic carbocycles. The number of nitrogens with one attached hydrogen (secondary N) is 1. The molecule has 0 bridgehead atoms. The molecule has 0 aliphatic heterocycles. The number of oxazole rings is 1. The summed E-state index contributed by atoms with van der Waals surface area (Å²) >= 11 is 7.24. The molecule has 0 saturated heterocycles. The molecule has 148 valence electrons. The zero-order chi connectivity index (χ0) is 20.3. The third-order valence-electron chi connectivity index (χ3n) is 4.07. The van der Waals surface area contributed by atoms with Crippen molar-refractivity contribution in [3.8, 4) is 0 Å². The predicted octanol–water partition coefficient (Wildman–Crippen LogP) is 4.08. The number of rotatable bonds is 7. The Morgan fingerprint density at radius 3 is 2.79 bits per heavy atom. The summed E-state index contributed by atoms with van der Waals surface area (Å²) in [5.41, 5.74) is 1.28. The maximum absolute atomic E-state index is 12.4. The van der Waals surface area contributed by atoms with Gasteiger partial charge in [-0.15, -0.1) is 11.3 Å². The first-order valence-electron chi connectivity index (χ1n) is 8.81. The van der Waals surface area contributed by atoms with Gasteiger partial charge in [0.2, 0.25) is 5.91 Å². The number of thiophene rings is 1. The third kappa shape index (κ3) is 4.28. The standard InChI is InChI=1S/C19H19ClN2O5S/c1-3-12-10-13(18(24)26-4-2)17(28-12)21-16(23)7-8-22-14-6-5-11(20)9-15(14)27-19(22)25/h5-6,9-10H,3-4,7-8H2,1-2H3,(H,21,23). The average molecular weight is 423 g/mol. The van der Waals surface area contributed by atoms with Gasteiger partial charge >= 0.3 is 11.7 Å². The Kier molecular flexibility index (Phi) is 6.21. The SMILES string of the molecule is CCOC(=O)c1cc(CC)sc1NC(=O)CCn1c(=O)oc2cc(Cl)ccc21. The Hall–Kier alpha value is -2.58. The smallest absolute Gasteiger partial charge is 0.419 e. The number of carbonyl (C=O) groups excluding carboxylic acids is 2. The lowest BCUT2D eigenvalue weighted by Gasteiger charge is -2.06. The number of aromatic nitrogens is 1. The Bertz CT molecular complexity index is 1080. The number of halogens is 1. The van der Waals surface area contributed by atoms with Gasteiger partial charge < -0.3 is 14.5 Å². The normalized spacial score (nSPS) is 11.0. The van der Waals surface area contributed by atoms with E-state index in [1.165, 1.54) is 15.9 Å². The van der Waals surface area contributed by atoms with Crippen molar-refractivity contribution >= 4 is 50.9 Å². The van der Waals surface area contributed by atoms with Crippen LogP contribution in [0.1, 0.15) is 35.5 Å².